The molecule has 2 rings (SSSR count). The summed E-state index contributed by atoms with van der Waals surface area (Å²) in [6, 6.07) is 1.64. The number of rotatable bonds is 4. The normalized spacial score (nSPS) is 15.0. The van der Waals surface area contributed by atoms with Gasteiger partial charge in [-0.15, -0.1) is 0 Å². The van der Waals surface area contributed by atoms with E-state index < -0.39 is 4.92 Å². The summed E-state index contributed by atoms with van der Waals surface area (Å²) in [6.45, 7) is 0.214. The molecule has 0 aromatic carbocycles. The maximum Gasteiger partial charge on any atom is 0.406 e. The van der Waals surface area contributed by atoms with Crippen LogP contribution < -0.4 is 10.5 Å². The van der Waals surface area contributed by atoms with E-state index in [1.807, 2.05) is 0 Å². The van der Waals surface area contributed by atoms with E-state index in [1.165, 1.54) is 6.20 Å². The molecule has 1 aliphatic carbocycles. The molecule has 1 heterocycles. The molecule has 1 fully saturated rings. The third kappa shape index (κ3) is 2.04. The Morgan fingerprint density at radius 3 is 2.93 bits per heavy atom. The highest BCUT2D eigenvalue weighted by molar-refractivity contribution is 5.46. The SMILES string of the molecule is NCc1ccnc([N+](=O)[O-])c1OC1CC1. The Labute approximate surface area is 86.2 Å². The highest BCUT2D eigenvalue weighted by Crippen LogP contribution is 2.34. The molecule has 1 saturated carbocycles. The van der Waals surface area contributed by atoms with Gasteiger partial charge in [-0.3, -0.25) is 0 Å². The van der Waals surface area contributed by atoms with E-state index in [-0.39, 0.29) is 24.2 Å². The first-order chi connectivity index (χ1) is 7.22. The van der Waals surface area contributed by atoms with Crippen LogP contribution in [0.4, 0.5) is 5.82 Å². The Bertz CT molecular complexity index is 390. The summed E-state index contributed by atoms with van der Waals surface area (Å²) in [5.41, 5.74) is 6.11. The minimum atomic E-state index is -0.545. The molecule has 0 aliphatic heterocycles. The Hall–Kier alpha value is -1.69. The van der Waals surface area contributed by atoms with E-state index >= 15 is 0 Å². The highest BCUT2D eigenvalue weighted by Gasteiger charge is 2.29. The van der Waals surface area contributed by atoms with Gasteiger partial charge in [0.25, 0.3) is 0 Å². The Balaban J connectivity index is 2.38. The summed E-state index contributed by atoms with van der Waals surface area (Å²) in [5, 5.41) is 10.7. The van der Waals surface area contributed by atoms with Crippen LogP contribution in [0.15, 0.2) is 12.3 Å². The molecule has 15 heavy (non-hydrogen) atoms. The third-order valence-electron chi connectivity index (χ3n) is 2.17. The second-order valence-electron chi connectivity index (χ2n) is 3.40. The van der Waals surface area contributed by atoms with Crippen molar-refractivity contribution in [2.45, 2.75) is 25.5 Å². The van der Waals surface area contributed by atoms with Crippen molar-refractivity contribution in [1.29, 1.82) is 0 Å². The molecule has 2 N–H and O–H groups in total. The fourth-order valence-corrected chi connectivity index (χ4v) is 1.25. The molecule has 0 amide bonds. The van der Waals surface area contributed by atoms with Gasteiger partial charge in [-0.05, 0) is 28.8 Å². The number of hydrogen-bond acceptors (Lipinski definition) is 5. The zero-order valence-electron chi connectivity index (χ0n) is 8.05. The first-order valence-corrected chi connectivity index (χ1v) is 4.71. The molecule has 6 nitrogen and oxygen atoms in total. The van der Waals surface area contributed by atoms with E-state index in [0.29, 0.717) is 5.56 Å². The Kier molecular flexibility index (Phi) is 2.51. The fraction of sp³-hybridized carbons (Fsp3) is 0.444. The molecule has 1 aliphatic rings. The lowest BCUT2D eigenvalue weighted by Gasteiger charge is -2.08. The van der Waals surface area contributed by atoms with Gasteiger partial charge in [0.05, 0.1) is 6.10 Å². The van der Waals surface area contributed by atoms with Crippen molar-refractivity contribution in [3.8, 4) is 5.75 Å². The monoisotopic (exact) mass is 209 g/mol. The maximum absolute atomic E-state index is 10.7. The third-order valence-corrected chi connectivity index (χ3v) is 2.17. The predicted octanol–water partition coefficient (Wildman–Crippen LogP) is 0.990. The molecule has 0 spiro atoms. The minimum Gasteiger partial charge on any atom is -0.482 e. The van der Waals surface area contributed by atoms with Crippen molar-refractivity contribution in [2.75, 3.05) is 0 Å². The van der Waals surface area contributed by atoms with Gasteiger partial charge in [-0.1, -0.05) is 0 Å². The Morgan fingerprint density at radius 2 is 2.40 bits per heavy atom. The predicted molar refractivity (Wildman–Crippen MR) is 52.4 cm³/mol. The molecule has 0 atom stereocenters. The molecule has 0 bridgehead atoms. The number of hydrogen-bond donors (Lipinski definition) is 1. The summed E-state index contributed by atoms with van der Waals surface area (Å²) in [4.78, 5) is 13.9. The van der Waals surface area contributed by atoms with Crippen molar-refractivity contribution in [1.82, 2.24) is 4.98 Å². The zero-order chi connectivity index (χ0) is 10.8. The molecular weight excluding hydrogens is 198 g/mol. The topological polar surface area (TPSA) is 91.3 Å². The molecule has 0 unspecified atom stereocenters. The lowest BCUT2D eigenvalue weighted by Crippen LogP contribution is -2.07. The first kappa shape index (κ1) is 9.85. The van der Waals surface area contributed by atoms with E-state index in [1.54, 1.807) is 6.07 Å². The summed E-state index contributed by atoms with van der Waals surface area (Å²) in [7, 11) is 0. The van der Waals surface area contributed by atoms with Crippen LogP contribution in [0.3, 0.4) is 0 Å². The van der Waals surface area contributed by atoms with Crippen LogP contribution >= 0.6 is 0 Å². The molecule has 1 aromatic rings. The highest BCUT2D eigenvalue weighted by atomic mass is 16.6. The van der Waals surface area contributed by atoms with Gasteiger partial charge in [-0.2, -0.15) is 0 Å². The van der Waals surface area contributed by atoms with Gasteiger partial charge in [0.1, 0.15) is 6.20 Å². The summed E-state index contributed by atoms with van der Waals surface area (Å²) >= 11 is 0. The van der Waals surface area contributed by atoms with E-state index in [2.05, 4.69) is 4.98 Å². The van der Waals surface area contributed by atoms with Crippen molar-refractivity contribution in [3.05, 3.63) is 27.9 Å². The lowest BCUT2D eigenvalue weighted by atomic mass is 10.2. The number of nitro groups is 1. The van der Waals surface area contributed by atoms with E-state index in [9.17, 15) is 10.1 Å². The van der Waals surface area contributed by atoms with Gasteiger partial charge in [0, 0.05) is 12.1 Å². The molecule has 1 aromatic heterocycles. The van der Waals surface area contributed by atoms with Crippen LogP contribution in [0, 0.1) is 10.1 Å². The van der Waals surface area contributed by atoms with Crippen molar-refractivity contribution in [2.24, 2.45) is 5.73 Å². The van der Waals surface area contributed by atoms with Crippen molar-refractivity contribution >= 4 is 5.82 Å². The largest absolute Gasteiger partial charge is 0.482 e. The van der Waals surface area contributed by atoms with Gasteiger partial charge in [-0.25, -0.2) is 0 Å². The van der Waals surface area contributed by atoms with Crippen LogP contribution in [-0.2, 0) is 6.54 Å². The van der Waals surface area contributed by atoms with Crippen LogP contribution in [0.1, 0.15) is 18.4 Å². The smallest absolute Gasteiger partial charge is 0.406 e. The van der Waals surface area contributed by atoms with Gasteiger partial charge in [0.15, 0.2) is 0 Å². The molecule has 0 saturated heterocycles. The van der Waals surface area contributed by atoms with Crippen LogP contribution in [-0.4, -0.2) is 16.0 Å². The number of nitrogens with two attached hydrogens (primary N) is 1. The number of aromatic nitrogens is 1. The molecule has 0 radical (unpaired) electrons. The van der Waals surface area contributed by atoms with Crippen LogP contribution in [0.2, 0.25) is 0 Å². The second-order valence-corrected chi connectivity index (χ2v) is 3.40. The number of ether oxygens (including phenoxy) is 1. The summed E-state index contributed by atoms with van der Waals surface area (Å²) < 4.78 is 5.46. The van der Waals surface area contributed by atoms with Crippen LogP contribution in [0.25, 0.3) is 0 Å². The van der Waals surface area contributed by atoms with Gasteiger partial charge in [0.2, 0.25) is 5.75 Å². The standard InChI is InChI=1S/C9H11N3O3/c10-5-6-3-4-11-9(12(13)14)8(6)15-7-1-2-7/h3-4,7H,1-2,5,10H2. The average Bonchev–Trinajstić information content (AvgIpc) is 3.01. The number of pyridine rings is 1. The Morgan fingerprint density at radius 1 is 1.67 bits per heavy atom. The molecule has 6 heteroatoms. The van der Waals surface area contributed by atoms with Gasteiger partial charge < -0.3 is 20.6 Å². The second kappa shape index (κ2) is 3.82. The summed E-state index contributed by atoms with van der Waals surface area (Å²) in [5.74, 6) is -0.0163. The lowest BCUT2D eigenvalue weighted by molar-refractivity contribution is -0.390. The van der Waals surface area contributed by atoms with E-state index in [0.717, 1.165) is 12.8 Å². The van der Waals surface area contributed by atoms with Crippen molar-refractivity contribution < 1.29 is 9.66 Å². The van der Waals surface area contributed by atoms with Crippen molar-refractivity contribution in [3.63, 3.8) is 0 Å². The fourth-order valence-electron chi connectivity index (χ4n) is 1.25. The molecular formula is C9H11N3O3. The van der Waals surface area contributed by atoms with Crippen LogP contribution in [0.5, 0.6) is 5.75 Å². The first-order valence-electron chi connectivity index (χ1n) is 4.71. The van der Waals surface area contributed by atoms with Gasteiger partial charge >= 0.3 is 5.82 Å². The maximum atomic E-state index is 10.7. The minimum absolute atomic E-state index is 0.0956. The quantitative estimate of drug-likeness (QED) is 0.589. The number of nitrogens with zero attached hydrogens (tertiary/aromatic N) is 2. The average molecular weight is 209 g/mol. The zero-order valence-corrected chi connectivity index (χ0v) is 8.05. The van der Waals surface area contributed by atoms with E-state index in [4.69, 9.17) is 10.5 Å². The summed E-state index contributed by atoms with van der Waals surface area (Å²) in [6.07, 6.45) is 3.35. The molecule has 80 valence electrons.